The Labute approximate surface area is 123 Å². The lowest BCUT2D eigenvalue weighted by molar-refractivity contribution is 0.0223. The molecule has 2 saturated heterocycles. The first-order chi connectivity index (χ1) is 9.34. The summed E-state index contributed by atoms with van der Waals surface area (Å²) >= 11 is 7.89. The SMILES string of the molecule is Clc1ccc([C@@H](C2CCOCC2)N2CCNCC2)s1. The second-order valence-corrected chi connectivity index (χ2v) is 7.07. The van der Waals surface area contributed by atoms with Crippen molar-refractivity contribution in [2.75, 3.05) is 39.4 Å². The quantitative estimate of drug-likeness (QED) is 0.929. The van der Waals surface area contributed by atoms with Crippen LogP contribution in [0.25, 0.3) is 0 Å². The van der Waals surface area contributed by atoms with Crippen LogP contribution in [0.3, 0.4) is 0 Å². The first-order valence-electron chi connectivity index (χ1n) is 7.12. The summed E-state index contributed by atoms with van der Waals surface area (Å²) in [6.07, 6.45) is 2.34. The number of thiophene rings is 1. The molecule has 3 rings (SSSR count). The molecule has 0 bridgehead atoms. The summed E-state index contributed by atoms with van der Waals surface area (Å²) in [6, 6.07) is 4.79. The molecule has 2 aliphatic heterocycles. The van der Waals surface area contributed by atoms with Crippen molar-refractivity contribution in [3.05, 3.63) is 21.3 Å². The van der Waals surface area contributed by atoms with Gasteiger partial charge in [-0.2, -0.15) is 0 Å². The zero-order valence-electron chi connectivity index (χ0n) is 11.1. The van der Waals surface area contributed by atoms with Gasteiger partial charge in [0.25, 0.3) is 0 Å². The molecule has 0 aliphatic carbocycles. The standard InChI is InChI=1S/C14H21ClN2OS/c15-13-2-1-12(19-13)14(11-3-9-18-10-4-11)17-7-5-16-6-8-17/h1-2,11,14,16H,3-10H2/t14-/m1/s1. The number of rotatable bonds is 3. The maximum Gasteiger partial charge on any atom is 0.0931 e. The molecule has 0 saturated carbocycles. The van der Waals surface area contributed by atoms with Gasteiger partial charge in [0.1, 0.15) is 0 Å². The van der Waals surface area contributed by atoms with Crippen molar-refractivity contribution in [3.8, 4) is 0 Å². The lowest BCUT2D eigenvalue weighted by atomic mass is 9.89. The van der Waals surface area contributed by atoms with Gasteiger partial charge in [0.15, 0.2) is 0 Å². The van der Waals surface area contributed by atoms with Gasteiger partial charge < -0.3 is 10.1 Å². The largest absolute Gasteiger partial charge is 0.381 e. The van der Waals surface area contributed by atoms with Crippen LogP contribution in [0, 0.1) is 5.92 Å². The summed E-state index contributed by atoms with van der Waals surface area (Å²) in [6.45, 7) is 6.28. The van der Waals surface area contributed by atoms with E-state index in [4.69, 9.17) is 16.3 Å². The van der Waals surface area contributed by atoms with Gasteiger partial charge in [0.2, 0.25) is 0 Å². The molecule has 0 unspecified atom stereocenters. The van der Waals surface area contributed by atoms with Crippen molar-refractivity contribution >= 4 is 22.9 Å². The van der Waals surface area contributed by atoms with Gasteiger partial charge in [0.05, 0.1) is 4.34 Å². The third kappa shape index (κ3) is 3.31. The first kappa shape index (κ1) is 13.8. The van der Waals surface area contributed by atoms with Crippen molar-refractivity contribution in [2.24, 2.45) is 5.92 Å². The molecule has 2 aliphatic rings. The van der Waals surface area contributed by atoms with E-state index in [0.717, 1.165) is 43.7 Å². The van der Waals surface area contributed by atoms with E-state index in [1.165, 1.54) is 17.7 Å². The Bertz CT molecular complexity index is 382. The van der Waals surface area contributed by atoms with Crippen LogP contribution in [-0.2, 0) is 4.74 Å². The zero-order valence-corrected chi connectivity index (χ0v) is 12.7. The fourth-order valence-corrected chi connectivity index (χ4v) is 4.48. The normalized spacial score (nSPS) is 24.5. The number of ether oxygens (including phenoxy) is 1. The molecule has 5 heteroatoms. The molecule has 1 aromatic heterocycles. The Morgan fingerprint density at radius 1 is 1.26 bits per heavy atom. The molecule has 1 N–H and O–H groups in total. The van der Waals surface area contributed by atoms with Crippen LogP contribution in [-0.4, -0.2) is 44.3 Å². The van der Waals surface area contributed by atoms with E-state index >= 15 is 0 Å². The van der Waals surface area contributed by atoms with E-state index in [0.29, 0.717) is 12.0 Å². The molecule has 0 amide bonds. The third-order valence-corrected chi connectivity index (χ3v) is 5.44. The van der Waals surface area contributed by atoms with E-state index in [9.17, 15) is 0 Å². The summed E-state index contributed by atoms with van der Waals surface area (Å²) in [5.74, 6) is 0.710. The number of piperazine rings is 1. The van der Waals surface area contributed by atoms with E-state index in [1.54, 1.807) is 11.3 Å². The van der Waals surface area contributed by atoms with Gasteiger partial charge in [-0.05, 0) is 30.9 Å². The Morgan fingerprint density at radius 3 is 2.63 bits per heavy atom. The lowest BCUT2D eigenvalue weighted by Gasteiger charge is -2.40. The number of halogens is 1. The van der Waals surface area contributed by atoms with Gasteiger partial charge in [-0.3, -0.25) is 4.90 Å². The highest BCUT2D eigenvalue weighted by atomic mass is 35.5. The summed E-state index contributed by atoms with van der Waals surface area (Å²) in [7, 11) is 0. The zero-order chi connectivity index (χ0) is 13.1. The van der Waals surface area contributed by atoms with E-state index in [2.05, 4.69) is 16.3 Å². The summed E-state index contributed by atoms with van der Waals surface area (Å²) in [5, 5.41) is 3.44. The molecule has 106 valence electrons. The van der Waals surface area contributed by atoms with Crippen molar-refractivity contribution in [2.45, 2.75) is 18.9 Å². The van der Waals surface area contributed by atoms with Crippen LogP contribution >= 0.6 is 22.9 Å². The molecular formula is C14H21ClN2OS. The average molecular weight is 301 g/mol. The molecular weight excluding hydrogens is 280 g/mol. The first-order valence-corrected chi connectivity index (χ1v) is 8.32. The summed E-state index contributed by atoms with van der Waals surface area (Å²) in [5.41, 5.74) is 0. The van der Waals surface area contributed by atoms with Crippen LogP contribution in [0.4, 0.5) is 0 Å². The number of nitrogens with one attached hydrogen (secondary N) is 1. The fourth-order valence-electron chi connectivity index (χ4n) is 3.19. The maximum absolute atomic E-state index is 6.15. The topological polar surface area (TPSA) is 24.5 Å². The van der Waals surface area contributed by atoms with Crippen LogP contribution in [0.5, 0.6) is 0 Å². The Hall–Kier alpha value is -0.130. The minimum absolute atomic E-state index is 0.531. The van der Waals surface area contributed by atoms with Crippen LogP contribution in [0.2, 0.25) is 4.34 Å². The minimum Gasteiger partial charge on any atom is -0.381 e. The molecule has 0 aromatic carbocycles. The number of nitrogens with zero attached hydrogens (tertiary/aromatic N) is 1. The van der Waals surface area contributed by atoms with Crippen molar-refractivity contribution < 1.29 is 4.74 Å². The van der Waals surface area contributed by atoms with Crippen molar-refractivity contribution in [1.29, 1.82) is 0 Å². The van der Waals surface area contributed by atoms with Crippen LogP contribution < -0.4 is 5.32 Å². The van der Waals surface area contributed by atoms with Crippen LogP contribution in [0.15, 0.2) is 12.1 Å². The highest BCUT2D eigenvalue weighted by molar-refractivity contribution is 7.16. The lowest BCUT2D eigenvalue weighted by Crippen LogP contribution is -2.47. The molecule has 3 heterocycles. The average Bonchev–Trinajstić information content (AvgIpc) is 2.88. The van der Waals surface area contributed by atoms with Gasteiger partial charge in [-0.1, -0.05) is 11.6 Å². The van der Waals surface area contributed by atoms with Gasteiger partial charge >= 0.3 is 0 Å². The summed E-state index contributed by atoms with van der Waals surface area (Å²) < 4.78 is 6.43. The van der Waals surface area contributed by atoms with Crippen LogP contribution in [0.1, 0.15) is 23.8 Å². The monoisotopic (exact) mass is 300 g/mol. The van der Waals surface area contributed by atoms with E-state index < -0.39 is 0 Å². The molecule has 0 radical (unpaired) electrons. The molecule has 3 nitrogen and oxygen atoms in total. The van der Waals surface area contributed by atoms with E-state index in [-0.39, 0.29) is 0 Å². The Kier molecular flexibility index (Phi) is 4.77. The molecule has 1 aromatic rings. The minimum atomic E-state index is 0.531. The second-order valence-electron chi connectivity index (χ2n) is 5.32. The second kappa shape index (κ2) is 6.55. The van der Waals surface area contributed by atoms with Crippen molar-refractivity contribution in [1.82, 2.24) is 10.2 Å². The predicted molar refractivity (Wildman–Crippen MR) is 80.1 cm³/mol. The van der Waals surface area contributed by atoms with Gasteiger partial charge in [-0.15, -0.1) is 11.3 Å². The maximum atomic E-state index is 6.15. The van der Waals surface area contributed by atoms with Gasteiger partial charge in [0, 0.05) is 50.3 Å². The van der Waals surface area contributed by atoms with Gasteiger partial charge in [-0.25, -0.2) is 0 Å². The summed E-state index contributed by atoms with van der Waals surface area (Å²) in [4.78, 5) is 4.06. The molecule has 2 fully saturated rings. The Morgan fingerprint density at radius 2 is 2.00 bits per heavy atom. The third-order valence-electron chi connectivity index (χ3n) is 4.14. The highest BCUT2D eigenvalue weighted by Crippen LogP contribution is 2.39. The smallest absolute Gasteiger partial charge is 0.0931 e. The highest BCUT2D eigenvalue weighted by Gasteiger charge is 2.32. The number of hydrogen-bond acceptors (Lipinski definition) is 4. The Balaban J connectivity index is 1.81. The molecule has 0 spiro atoms. The predicted octanol–water partition coefficient (Wildman–Crippen LogP) is 2.77. The molecule has 1 atom stereocenters. The molecule has 19 heavy (non-hydrogen) atoms. The fraction of sp³-hybridized carbons (Fsp3) is 0.714. The number of hydrogen-bond donors (Lipinski definition) is 1. The van der Waals surface area contributed by atoms with Crippen molar-refractivity contribution in [3.63, 3.8) is 0 Å². The van der Waals surface area contributed by atoms with E-state index in [1.807, 2.05) is 6.07 Å².